The molecule has 2 atom stereocenters. The van der Waals surface area contributed by atoms with Crippen LogP contribution in [0.2, 0.25) is 0 Å². The standard InChI is InChI=1S/C17H33N3O/c1-19(2)17(10-5-11-17)13-20(3)16(21)9-8-14-6-4-7-15(18)12-14/h14-15H,4-13,18H2,1-3H3. The molecule has 4 heteroatoms. The predicted molar refractivity (Wildman–Crippen MR) is 87.1 cm³/mol. The smallest absolute Gasteiger partial charge is 0.222 e. The van der Waals surface area contributed by atoms with Gasteiger partial charge in [0.2, 0.25) is 5.91 Å². The van der Waals surface area contributed by atoms with Crippen molar-refractivity contribution < 1.29 is 4.79 Å². The van der Waals surface area contributed by atoms with Crippen LogP contribution in [0, 0.1) is 5.92 Å². The van der Waals surface area contributed by atoms with Crippen LogP contribution < -0.4 is 5.73 Å². The molecule has 1 amide bonds. The molecule has 0 heterocycles. The van der Waals surface area contributed by atoms with Gasteiger partial charge in [-0.3, -0.25) is 4.79 Å². The van der Waals surface area contributed by atoms with Crippen molar-refractivity contribution in [1.29, 1.82) is 0 Å². The zero-order valence-corrected chi connectivity index (χ0v) is 14.1. The summed E-state index contributed by atoms with van der Waals surface area (Å²) < 4.78 is 0. The molecule has 2 saturated carbocycles. The Bertz CT molecular complexity index is 352. The van der Waals surface area contributed by atoms with Crippen molar-refractivity contribution in [2.24, 2.45) is 11.7 Å². The van der Waals surface area contributed by atoms with Gasteiger partial charge in [0.05, 0.1) is 0 Å². The number of amides is 1. The van der Waals surface area contributed by atoms with E-state index in [0.29, 0.717) is 24.3 Å². The summed E-state index contributed by atoms with van der Waals surface area (Å²) in [7, 11) is 6.25. The van der Waals surface area contributed by atoms with Gasteiger partial charge in [-0.2, -0.15) is 0 Å². The molecule has 0 saturated heterocycles. The summed E-state index contributed by atoms with van der Waals surface area (Å²) in [5.74, 6) is 0.972. The van der Waals surface area contributed by atoms with E-state index in [4.69, 9.17) is 5.73 Å². The molecule has 2 unspecified atom stereocenters. The second-order valence-electron chi connectivity index (χ2n) is 7.55. The number of likely N-dealkylation sites (N-methyl/N-ethyl adjacent to an activating group) is 2. The average Bonchev–Trinajstić information content (AvgIpc) is 2.39. The fourth-order valence-corrected chi connectivity index (χ4v) is 3.97. The Labute approximate surface area is 130 Å². The second-order valence-corrected chi connectivity index (χ2v) is 7.55. The van der Waals surface area contributed by atoms with Crippen LogP contribution in [0.25, 0.3) is 0 Å². The molecule has 0 aromatic heterocycles. The van der Waals surface area contributed by atoms with Crippen molar-refractivity contribution in [3.05, 3.63) is 0 Å². The van der Waals surface area contributed by atoms with Gasteiger partial charge in [-0.25, -0.2) is 0 Å². The summed E-state index contributed by atoms with van der Waals surface area (Å²) in [6.07, 6.45) is 10.2. The average molecular weight is 295 g/mol. The van der Waals surface area contributed by atoms with E-state index in [0.717, 1.165) is 25.8 Å². The van der Waals surface area contributed by atoms with Crippen molar-refractivity contribution >= 4 is 5.91 Å². The highest BCUT2D eigenvalue weighted by molar-refractivity contribution is 5.76. The van der Waals surface area contributed by atoms with Gasteiger partial charge in [-0.05, 0) is 58.5 Å². The minimum absolute atomic E-state index is 0.234. The van der Waals surface area contributed by atoms with E-state index < -0.39 is 0 Å². The number of nitrogens with two attached hydrogens (primary N) is 1. The Hall–Kier alpha value is -0.610. The van der Waals surface area contributed by atoms with Crippen LogP contribution in [0.15, 0.2) is 0 Å². The molecule has 2 rings (SSSR count). The normalized spacial score (nSPS) is 28.2. The van der Waals surface area contributed by atoms with Gasteiger partial charge in [0.25, 0.3) is 0 Å². The number of carbonyl (C=O) groups is 1. The summed E-state index contributed by atoms with van der Waals surface area (Å²) in [6, 6.07) is 0.364. The maximum atomic E-state index is 12.4. The van der Waals surface area contributed by atoms with Crippen molar-refractivity contribution in [3.63, 3.8) is 0 Å². The van der Waals surface area contributed by atoms with E-state index in [2.05, 4.69) is 19.0 Å². The molecule has 2 aliphatic rings. The van der Waals surface area contributed by atoms with Crippen LogP contribution in [0.1, 0.15) is 57.8 Å². The fraction of sp³-hybridized carbons (Fsp3) is 0.941. The molecule has 0 aromatic carbocycles. The molecule has 4 nitrogen and oxygen atoms in total. The minimum atomic E-state index is 0.234. The first kappa shape index (κ1) is 16.8. The first-order valence-electron chi connectivity index (χ1n) is 8.60. The van der Waals surface area contributed by atoms with E-state index >= 15 is 0 Å². The van der Waals surface area contributed by atoms with Gasteiger partial charge in [0, 0.05) is 31.6 Å². The first-order valence-corrected chi connectivity index (χ1v) is 8.60. The summed E-state index contributed by atoms with van der Waals surface area (Å²) >= 11 is 0. The maximum absolute atomic E-state index is 12.4. The van der Waals surface area contributed by atoms with Gasteiger partial charge in [0.15, 0.2) is 0 Å². The molecule has 0 radical (unpaired) electrons. The van der Waals surface area contributed by atoms with Crippen molar-refractivity contribution in [2.75, 3.05) is 27.7 Å². The minimum Gasteiger partial charge on any atom is -0.344 e. The molecule has 2 N–H and O–H groups in total. The number of carbonyl (C=O) groups excluding carboxylic acids is 1. The molecular weight excluding hydrogens is 262 g/mol. The second kappa shape index (κ2) is 7.10. The number of rotatable bonds is 6. The molecule has 122 valence electrons. The molecule has 0 aliphatic heterocycles. The third kappa shape index (κ3) is 4.19. The molecule has 2 aliphatic carbocycles. The van der Waals surface area contributed by atoms with Crippen molar-refractivity contribution in [2.45, 2.75) is 69.4 Å². The van der Waals surface area contributed by atoms with Gasteiger partial charge in [-0.1, -0.05) is 12.8 Å². The Morgan fingerprint density at radius 3 is 2.43 bits per heavy atom. The largest absolute Gasteiger partial charge is 0.344 e. The van der Waals surface area contributed by atoms with Crippen LogP contribution in [0.3, 0.4) is 0 Å². The Balaban J connectivity index is 1.74. The highest BCUT2D eigenvalue weighted by Gasteiger charge is 2.40. The van der Waals surface area contributed by atoms with Crippen LogP contribution in [-0.4, -0.2) is 55.0 Å². The number of hydrogen-bond acceptors (Lipinski definition) is 3. The van der Waals surface area contributed by atoms with E-state index in [-0.39, 0.29) is 5.54 Å². The number of nitrogens with zero attached hydrogens (tertiary/aromatic N) is 2. The highest BCUT2D eigenvalue weighted by Crippen LogP contribution is 2.36. The van der Waals surface area contributed by atoms with Gasteiger partial charge >= 0.3 is 0 Å². The highest BCUT2D eigenvalue weighted by atomic mass is 16.2. The van der Waals surface area contributed by atoms with Crippen LogP contribution in [-0.2, 0) is 4.79 Å². The lowest BCUT2D eigenvalue weighted by Gasteiger charge is -2.49. The third-order valence-corrected chi connectivity index (χ3v) is 5.78. The van der Waals surface area contributed by atoms with E-state index in [9.17, 15) is 4.79 Å². The van der Waals surface area contributed by atoms with E-state index in [1.165, 1.54) is 32.1 Å². The van der Waals surface area contributed by atoms with Crippen LogP contribution in [0.4, 0.5) is 0 Å². The predicted octanol–water partition coefficient (Wildman–Crippen LogP) is 2.23. The topological polar surface area (TPSA) is 49.6 Å². The zero-order chi connectivity index (χ0) is 15.5. The monoisotopic (exact) mass is 295 g/mol. The quantitative estimate of drug-likeness (QED) is 0.817. The lowest BCUT2D eigenvalue weighted by molar-refractivity contribution is -0.133. The maximum Gasteiger partial charge on any atom is 0.222 e. The Morgan fingerprint density at radius 2 is 1.90 bits per heavy atom. The molecule has 2 fully saturated rings. The number of hydrogen-bond donors (Lipinski definition) is 1. The molecular formula is C17H33N3O. The van der Waals surface area contributed by atoms with Crippen LogP contribution in [0.5, 0.6) is 0 Å². The summed E-state index contributed by atoms with van der Waals surface area (Å²) in [6.45, 7) is 0.878. The third-order valence-electron chi connectivity index (χ3n) is 5.78. The molecule has 0 spiro atoms. The van der Waals surface area contributed by atoms with Crippen molar-refractivity contribution in [1.82, 2.24) is 9.80 Å². The zero-order valence-electron chi connectivity index (χ0n) is 14.1. The van der Waals surface area contributed by atoms with Crippen molar-refractivity contribution in [3.8, 4) is 0 Å². The lowest BCUT2D eigenvalue weighted by atomic mass is 9.75. The molecule has 0 aromatic rings. The molecule has 0 bridgehead atoms. The SMILES string of the molecule is CN(CC1(N(C)C)CCC1)C(=O)CCC1CCCC(N)C1. The summed E-state index contributed by atoms with van der Waals surface area (Å²) in [5, 5.41) is 0. The van der Waals surface area contributed by atoms with E-state index in [1.54, 1.807) is 0 Å². The lowest BCUT2D eigenvalue weighted by Crippen LogP contribution is -2.57. The van der Waals surface area contributed by atoms with E-state index in [1.807, 2.05) is 11.9 Å². The first-order chi connectivity index (χ1) is 9.93. The Kier molecular flexibility index (Phi) is 5.67. The van der Waals surface area contributed by atoms with Gasteiger partial charge in [0.1, 0.15) is 0 Å². The molecule has 21 heavy (non-hydrogen) atoms. The Morgan fingerprint density at radius 1 is 1.19 bits per heavy atom. The van der Waals surface area contributed by atoms with Crippen LogP contribution >= 0.6 is 0 Å². The fourth-order valence-electron chi connectivity index (χ4n) is 3.97. The summed E-state index contributed by atoms with van der Waals surface area (Å²) in [5.41, 5.74) is 6.27. The van der Waals surface area contributed by atoms with Gasteiger partial charge in [-0.15, -0.1) is 0 Å². The summed E-state index contributed by atoms with van der Waals surface area (Å²) in [4.78, 5) is 16.6. The van der Waals surface area contributed by atoms with Gasteiger partial charge < -0.3 is 15.5 Å².